The van der Waals surface area contributed by atoms with Crippen LogP contribution in [-0.2, 0) is 4.79 Å². The maximum atomic E-state index is 12.8. The highest BCUT2D eigenvalue weighted by atomic mass is 16.5. The predicted molar refractivity (Wildman–Crippen MR) is 112 cm³/mol. The molecule has 1 atom stereocenters. The smallest absolute Gasteiger partial charge is 0.267 e. The molecule has 3 rings (SSSR count). The molecule has 0 aliphatic heterocycles. The summed E-state index contributed by atoms with van der Waals surface area (Å²) in [6, 6.07) is 15.1. The average Bonchev–Trinajstić information content (AvgIpc) is 2.74. The first-order chi connectivity index (χ1) is 13.9. The third-order valence-corrected chi connectivity index (χ3v) is 4.58. The maximum absolute atomic E-state index is 12.8. The summed E-state index contributed by atoms with van der Waals surface area (Å²) in [6.45, 7) is 3.62. The Hall–Kier alpha value is -3.61. The Kier molecular flexibility index (Phi) is 5.97. The quantitative estimate of drug-likeness (QED) is 0.694. The molecule has 0 spiro atoms. The van der Waals surface area contributed by atoms with Crippen LogP contribution in [0.1, 0.15) is 18.5 Å². The lowest BCUT2D eigenvalue weighted by Gasteiger charge is -2.17. The molecular formula is C22H23N3O4. The Balaban J connectivity index is 1.89. The van der Waals surface area contributed by atoms with Crippen molar-refractivity contribution in [2.24, 2.45) is 0 Å². The monoisotopic (exact) mass is 393 g/mol. The van der Waals surface area contributed by atoms with Gasteiger partial charge in [-0.3, -0.25) is 9.59 Å². The number of nitrogens with zero attached hydrogens (tertiary/aromatic N) is 2. The minimum atomic E-state index is -0.830. The van der Waals surface area contributed by atoms with Crippen LogP contribution in [0.5, 0.6) is 11.5 Å². The van der Waals surface area contributed by atoms with E-state index in [0.29, 0.717) is 22.9 Å². The molecule has 29 heavy (non-hydrogen) atoms. The zero-order valence-electron chi connectivity index (χ0n) is 16.8. The van der Waals surface area contributed by atoms with Gasteiger partial charge in [0.1, 0.15) is 17.5 Å². The van der Waals surface area contributed by atoms with Crippen LogP contribution >= 0.6 is 0 Å². The van der Waals surface area contributed by atoms with Crippen LogP contribution in [0.4, 0.5) is 5.69 Å². The zero-order chi connectivity index (χ0) is 21.0. The molecule has 0 saturated heterocycles. The number of rotatable bonds is 6. The van der Waals surface area contributed by atoms with Gasteiger partial charge in [-0.25, -0.2) is 4.68 Å². The van der Waals surface area contributed by atoms with Crippen molar-refractivity contribution in [3.05, 3.63) is 70.5 Å². The Bertz CT molecular complexity index is 1070. The minimum Gasteiger partial charge on any atom is -0.497 e. The molecule has 0 bridgehead atoms. The molecule has 0 unspecified atom stereocenters. The van der Waals surface area contributed by atoms with E-state index in [1.54, 1.807) is 31.2 Å². The van der Waals surface area contributed by atoms with Gasteiger partial charge in [-0.1, -0.05) is 29.8 Å². The third-order valence-electron chi connectivity index (χ3n) is 4.58. The number of benzene rings is 2. The van der Waals surface area contributed by atoms with Gasteiger partial charge in [0.15, 0.2) is 0 Å². The van der Waals surface area contributed by atoms with Gasteiger partial charge in [-0.15, -0.1) is 0 Å². The second-order valence-corrected chi connectivity index (χ2v) is 6.60. The molecule has 3 aromatic rings. The van der Waals surface area contributed by atoms with Crippen molar-refractivity contribution in [1.29, 1.82) is 0 Å². The highest BCUT2D eigenvalue weighted by Gasteiger charge is 2.20. The lowest BCUT2D eigenvalue weighted by Crippen LogP contribution is -2.33. The summed E-state index contributed by atoms with van der Waals surface area (Å²) in [4.78, 5) is 25.2. The van der Waals surface area contributed by atoms with Crippen molar-refractivity contribution in [1.82, 2.24) is 9.78 Å². The van der Waals surface area contributed by atoms with Crippen molar-refractivity contribution in [2.75, 3.05) is 19.5 Å². The van der Waals surface area contributed by atoms with Crippen molar-refractivity contribution < 1.29 is 14.3 Å². The summed E-state index contributed by atoms with van der Waals surface area (Å²) in [6.07, 6.45) is 0. The number of hydrogen-bond donors (Lipinski definition) is 1. The average molecular weight is 393 g/mol. The maximum Gasteiger partial charge on any atom is 0.267 e. The first-order valence-corrected chi connectivity index (χ1v) is 9.12. The fourth-order valence-electron chi connectivity index (χ4n) is 2.84. The molecule has 7 heteroatoms. The number of methoxy groups -OCH3 is 2. The molecule has 1 amide bonds. The van der Waals surface area contributed by atoms with Gasteiger partial charge in [0.25, 0.3) is 5.56 Å². The third kappa shape index (κ3) is 4.45. The molecule has 0 aliphatic rings. The van der Waals surface area contributed by atoms with E-state index in [0.717, 1.165) is 11.1 Å². The molecule has 0 radical (unpaired) electrons. The molecule has 150 valence electrons. The van der Waals surface area contributed by atoms with Crippen molar-refractivity contribution in [2.45, 2.75) is 19.9 Å². The molecule has 1 aromatic heterocycles. The van der Waals surface area contributed by atoms with Crippen LogP contribution in [0, 0.1) is 6.92 Å². The van der Waals surface area contributed by atoms with Crippen molar-refractivity contribution >= 4 is 11.6 Å². The van der Waals surface area contributed by atoms with Gasteiger partial charge in [0.05, 0.1) is 25.6 Å². The number of hydrogen-bond acceptors (Lipinski definition) is 5. The fraction of sp³-hybridized carbons (Fsp3) is 0.227. The topological polar surface area (TPSA) is 82.4 Å². The highest BCUT2D eigenvalue weighted by Crippen LogP contribution is 2.29. The number of anilines is 1. The van der Waals surface area contributed by atoms with E-state index in [2.05, 4.69) is 10.4 Å². The number of nitrogens with one attached hydrogen (secondary N) is 1. The molecule has 1 heterocycles. The van der Waals surface area contributed by atoms with Gasteiger partial charge in [0, 0.05) is 17.7 Å². The number of carbonyl (C=O) groups excluding carboxylic acids is 1. The Morgan fingerprint density at radius 3 is 2.41 bits per heavy atom. The lowest BCUT2D eigenvalue weighted by atomic mass is 10.1. The minimum absolute atomic E-state index is 0.360. The van der Waals surface area contributed by atoms with Gasteiger partial charge in [-0.2, -0.15) is 5.10 Å². The number of aryl methyl sites for hydroxylation is 1. The highest BCUT2D eigenvalue weighted by molar-refractivity contribution is 5.95. The van der Waals surface area contributed by atoms with Crippen LogP contribution in [0.2, 0.25) is 0 Å². The van der Waals surface area contributed by atoms with Crippen molar-refractivity contribution in [3.8, 4) is 22.8 Å². The Morgan fingerprint density at radius 2 is 1.76 bits per heavy atom. The Labute approximate surface area is 168 Å². The molecule has 0 fully saturated rings. The van der Waals surface area contributed by atoms with Gasteiger partial charge < -0.3 is 14.8 Å². The number of amides is 1. The van der Waals surface area contributed by atoms with Gasteiger partial charge >= 0.3 is 0 Å². The van der Waals surface area contributed by atoms with Gasteiger partial charge in [0.2, 0.25) is 5.91 Å². The first kappa shape index (κ1) is 20.1. The number of ether oxygens (including phenoxy) is 2. The van der Waals surface area contributed by atoms with Gasteiger partial charge in [-0.05, 0) is 32.0 Å². The molecule has 0 saturated carbocycles. The summed E-state index contributed by atoms with van der Waals surface area (Å²) in [5.41, 5.74) is 2.70. The van der Waals surface area contributed by atoms with E-state index >= 15 is 0 Å². The van der Waals surface area contributed by atoms with Crippen LogP contribution in [-0.4, -0.2) is 29.9 Å². The van der Waals surface area contributed by atoms with E-state index in [1.807, 2.05) is 31.2 Å². The van der Waals surface area contributed by atoms with Crippen LogP contribution in [0.15, 0.2) is 59.4 Å². The zero-order valence-corrected chi connectivity index (χ0v) is 16.8. The Morgan fingerprint density at radius 1 is 1.03 bits per heavy atom. The number of aromatic nitrogens is 2. The summed E-state index contributed by atoms with van der Waals surface area (Å²) in [7, 11) is 3.05. The lowest BCUT2D eigenvalue weighted by molar-refractivity contribution is -0.119. The summed E-state index contributed by atoms with van der Waals surface area (Å²) < 4.78 is 11.7. The largest absolute Gasteiger partial charge is 0.497 e. The molecule has 7 nitrogen and oxygen atoms in total. The van der Waals surface area contributed by atoms with E-state index in [1.165, 1.54) is 25.0 Å². The van der Waals surface area contributed by atoms with Crippen LogP contribution in [0.25, 0.3) is 11.3 Å². The van der Waals surface area contributed by atoms with Crippen molar-refractivity contribution in [3.63, 3.8) is 0 Å². The first-order valence-electron chi connectivity index (χ1n) is 9.12. The van der Waals surface area contributed by atoms with Crippen LogP contribution in [0.3, 0.4) is 0 Å². The van der Waals surface area contributed by atoms with E-state index in [4.69, 9.17) is 9.47 Å². The normalized spacial score (nSPS) is 11.6. The van der Waals surface area contributed by atoms with E-state index in [-0.39, 0.29) is 5.56 Å². The summed E-state index contributed by atoms with van der Waals surface area (Å²) in [5, 5.41) is 7.18. The molecule has 2 aromatic carbocycles. The standard InChI is InChI=1S/C22H23N3O4/c1-14-5-7-16(8-6-14)18-10-12-21(26)25(24-18)15(2)22(27)23-19-13-17(28-3)9-11-20(19)29-4/h5-13,15H,1-4H3,(H,23,27)/t15-/m0/s1. The molecule has 0 aliphatic carbocycles. The summed E-state index contributed by atoms with van der Waals surface area (Å²) >= 11 is 0. The second-order valence-electron chi connectivity index (χ2n) is 6.60. The number of carbonyl (C=O) groups is 1. The second kappa shape index (κ2) is 8.60. The van der Waals surface area contributed by atoms with E-state index < -0.39 is 11.9 Å². The molecular weight excluding hydrogens is 370 g/mol. The SMILES string of the molecule is COc1ccc(OC)c(NC(=O)[C@H](C)n2nc(-c3ccc(C)cc3)ccc2=O)c1. The van der Waals surface area contributed by atoms with E-state index in [9.17, 15) is 9.59 Å². The fourth-order valence-corrected chi connectivity index (χ4v) is 2.84. The van der Waals surface area contributed by atoms with Crippen LogP contribution < -0.4 is 20.3 Å². The summed E-state index contributed by atoms with van der Waals surface area (Å²) in [5.74, 6) is 0.665. The molecule has 1 N–H and O–H groups in total. The predicted octanol–water partition coefficient (Wildman–Crippen LogP) is 3.44.